The molecule has 1 amide bonds. The Balaban J connectivity index is 2.20. The van der Waals surface area contributed by atoms with Crippen LogP contribution in [-0.4, -0.2) is 20.1 Å². The van der Waals surface area contributed by atoms with Crippen LogP contribution in [0.1, 0.15) is 37.9 Å². The van der Waals surface area contributed by atoms with Crippen LogP contribution >= 0.6 is 0 Å². The molecule has 2 rings (SSSR count). The summed E-state index contributed by atoms with van der Waals surface area (Å²) in [6.07, 6.45) is 0.236. The maximum absolute atomic E-state index is 12.7. The zero-order chi connectivity index (χ0) is 18.4. The molecule has 0 aromatic heterocycles. The number of methoxy groups -OCH3 is 2. The van der Waals surface area contributed by atoms with Crippen molar-refractivity contribution in [2.24, 2.45) is 5.41 Å². The molecule has 4 heteroatoms. The van der Waals surface area contributed by atoms with E-state index in [9.17, 15) is 4.79 Å². The van der Waals surface area contributed by atoms with Crippen molar-refractivity contribution in [3.63, 3.8) is 0 Å². The topological polar surface area (TPSA) is 47.6 Å². The maximum atomic E-state index is 12.7. The largest absolute Gasteiger partial charge is 0.497 e. The smallest absolute Gasteiger partial charge is 0.225 e. The minimum Gasteiger partial charge on any atom is -0.497 e. The summed E-state index contributed by atoms with van der Waals surface area (Å²) in [4.78, 5) is 12.7. The third kappa shape index (κ3) is 4.99. The van der Waals surface area contributed by atoms with Crippen LogP contribution in [-0.2, 0) is 11.2 Å². The third-order valence-electron chi connectivity index (χ3n) is 4.14. The van der Waals surface area contributed by atoms with E-state index in [2.05, 4.69) is 26.1 Å². The summed E-state index contributed by atoms with van der Waals surface area (Å²) in [5.74, 6) is 1.34. The Kier molecular flexibility index (Phi) is 6.07. The zero-order valence-electron chi connectivity index (χ0n) is 15.6. The molecule has 0 saturated heterocycles. The minimum atomic E-state index is -0.102. The molecular weight excluding hydrogens is 314 g/mol. The first-order valence-electron chi connectivity index (χ1n) is 8.40. The summed E-state index contributed by atoms with van der Waals surface area (Å²) in [6.45, 7) is 6.37. The van der Waals surface area contributed by atoms with E-state index in [1.165, 1.54) is 0 Å². The molecule has 0 aliphatic carbocycles. The Morgan fingerprint density at radius 2 is 1.72 bits per heavy atom. The van der Waals surface area contributed by atoms with Gasteiger partial charge in [-0.05, 0) is 29.2 Å². The predicted octanol–water partition coefficient (Wildman–Crippen LogP) is 4.15. The van der Waals surface area contributed by atoms with Gasteiger partial charge in [0.2, 0.25) is 5.91 Å². The number of hydrogen-bond donors (Lipinski definition) is 1. The van der Waals surface area contributed by atoms with E-state index in [0.29, 0.717) is 11.5 Å². The Hall–Kier alpha value is -2.49. The highest BCUT2D eigenvalue weighted by atomic mass is 16.5. The van der Waals surface area contributed by atoms with Crippen molar-refractivity contribution >= 4 is 5.91 Å². The lowest BCUT2D eigenvalue weighted by atomic mass is 9.82. The van der Waals surface area contributed by atoms with E-state index in [4.69, 9.17) is 9.47 Å². The molecule has 0 aliphatic rings. The van der Waals surface area contributed by atoms with Gasteiger partial charge < -0.3 is 14.8 Å². The van der Waals surface area contributed by atoms with Gasteiger partial charge in [0.05, 0.1) is 26.7 Å². The molecule has 0 heterocycles. The van der Waals surface area contributed by atoms with Crippen LogP contribution in [0.5, 0.6) is 11.5 Å². The van der Waals surface area contributed by atoms with E-state index >= 15 is 0 Å². The molecule has 1 atom stereocenters. The first-order valence-corrected chi connectivity index (χ1v) is 8.40. The number of rotatable bonds is 6. The molecule has 4 nitrogen and oxygen atoms in total. The first kappa shape index (κ1) is 18.8. The Morgan fingerprint density at radius 3 is 2.28 bits per heavy atom. The molecule has 0 radical (unpaired) electrons. The molecule has 0 saturated carbocycles. The highest BCUT2D eigenvalue weighted by molar-refractivity contribution is 5.80. The fourth-order valence-corrected chi connectivity index (χ4v) is 2.85. The van der Waals surface area contributed by atoms with Gasteiger partial charge in [0.25, 0.3) is 0 Å². The van der Waals surface area contributed by atoms with E-state index < -0.39 is 0 Å². The number of nitrogens with one attached hydrogen (secondary N) is 1. The van der Waals surface area contributed by atoms with Crippen LogP contribution in [0.25, 0.3) is 0 Å². The van der Waals surface area contributed by atoms with Gasteiger partial charge in [0, 0.05) is 5.56 Å². The molecule has 0 aliphatic heterocycles. The second kappa shape index (κ2) is 8.06. The van der Waals surface area contributed by atoms with Crippen molar-refractivity contribution in [2.75, 3.05) is 14.2 Å². The second-order valence-electron chi connectivity index (χ2n) is 7.13. The number of benzene rings is 2. The average molecular weight is 341 g/mol. The first-order chi connectivity index (χ1) is 11.8. The van der Waals surface area contributed by atoms with Gasteiger partial charge in [-0.15, -0.1) is 0 Å². The van der Waals surface area contributed by atoms with Crippen molar-refractivity contribution in [3.05, 3.63) is 59.7 Å². The van der Waals surface area contributed by atoms with Crippen LogP contribution in [0.2, 0.25) is 0 Å². The van der Waals surface area contributed by atoms with Gasteiger partial charge in [0.1, 0.15) is 11.5 Å². The molecule has 0 spiro atoms. The van der Waals surface area contributed by atoms with Gasteiger partial charge >= 0.3 is 0 Å². The van der Waals surface area contributed by atoms with Gasteiger partial charge in [-0.25, -0.2) is 0 Å². The standard InChI is InChI=1S/C21H27NO3/c1-21(2,3)20(15-9-7-6-8-10-15)22-19(23)14-16-13-17(24-4)11-12-18(16)25-5/h6-13,20H,14H2,1-5H3,(H,22,23). The number of ether oxygens (including phenoxy) is 2. The van der Waals surface area contributed by atoms with E-state index in [1.54, 1.807) is 14.2 Å². The monoisotopic (exact) mass is 341 g/mol. The highest BCUT2D eigenvalue weighted by Gasteiger charge is 2.28. The Labute approximate surface area is 150 Å². The van der Waals surface area contributed by atoms with Gasteiger partial charge in [0.15, 0.2) is 0 Å². The van der Waals surface area contributed by atoms with Crippen LogP contribution < -0.4 is 14.8 Å². The molecule has 2 aromatic carbocycles. The third-order valence-corrected chi connectivity index (χ3v) is 4.14. The second-order valence-corrected chi connectivity index (χ2v) is 7.13. The van der Waals surface area contributed by atoms with Gasteiger partial charge in [-0.1, -0.05) is 51.1 Å². The minimum absolute atomic E-state index is 0.0460. The number of carbonyl (C=O) groups excluding carboxylic acids is 1. The fraction of sp³-hybridized carbons (Fsp3) is 0.381. The van der Waals surface area contributed by atoms with Crippen LogP contribution in [0.15, 0.2) is 48.5 Å². The molecule has 1 unspecified atom stereocenters. The zero-order valence-corrected chi connectivity index (χ0v) is 15.6. The van der Waals surface area contributed by atoms with Crippen molar-refractivity contribution < 1.29 is 14.3 Å². The SMILES string of the molecule is COc1ccc(OC)c(CC(=O)NC(c2ccccc2)C(C)(C)C)c1. The molecule has 2 aromatic rings. The molecule has 0 fully saturated rings. The van der Waals surface area contributed by atoms with Crippen LogP contribution in [0.3, 0.4) is 0 Å². The van der Waals surface area contributed by atoms with Crippen molar-refractivity contribution in [1.82, 2.24) is 5.32 Å². The normalized spacial score (nSPS) is 12.4. The van der Waals surface area contributed by atoms with Crippen molar-refractivity contribution in [2.45, 2.75) is 33.2 Å². The van der Waals surface area contributed by atoms with Crippen LogP contribution in [0, 0.1) is 5.41 Å². The van der Waals surface area contributed by atoms with Gasteiger partial charge in [-0.3, -0.25) is 4.79 Å². The molecule has 25 heavy (non-hydrogen) atoms. The molecule has 134 valence electrons. The quantitative estimate of drug-likeness (QED) is 0.858. The Bertz CT molecular complexity index is 705. The summed E-state index contributed by atoms with van der Waals surface area (Å²) in [5.41, 5.74) is 1.80. The summed E-state index contributed by atoms with van der Waals surface area (Å²) in [7, 11) is 3.21. The summed E-state index contributed by atoms with van der Waals surface area (Å²) in [5, 5.41) is 3.18. The number of carbonyl (C=O) groups is 1. The summed E-state index contributed by atoms with van der Waals surface area (Å²) < 4.78 is 10.6. The fourth-order valence-electron chi connectivity index (χ4n) is 2.85. The lowest BCUT2D eigenvalue weighted by Gasteiger charge is -2.32. The molecule has 1 N–H and O–H groups in total. The predicted molar refractivity (Wildman–Crippen MR) is 100 cm³/mol. The highest BCUT2D eigenvalue weighted by Crippen LogP contribution is 2.33. The van der Waals surface area contributed by atoms with E-state index in [1.807, 2.05) is 48.5 Å². The maximum Gasteiger partial charge on any atom is 0.225 e. The molecule has 0 bridgehead atoms. The van der Waals surface area contributed by atoms with Crippen molar-refractivity contribution in [1.29, 1.82) is 0 Å². The number of hydrogen-bond acceptors (Lipinski definition) is 3. The van der Waals surface area contributed by atoms with Gasteiger partial charge in [-0.2, -0.15) is 0 Å². The average Bonchev–Trinajstić information content (AvgIpc) is 2.59. The van der Waals surface area contributed by atoms with E-state index in [-0.39, 0.29) is 23.8 Å². The lowest BCUT2D eigenvalue weighted by molar-refractivity contribution is -0.122. The molecular formula is C21H27NO3. The summed E-state index contributed by atoms with van der Waals surface area (Å²) in [6, 6.07) is 15.5. The lowest BCUT2D eigenvalue weighted by Crippen LogP contribution is -2.37. The van der Waals surface area contributed by atoms with Crippen LogP contribution in [0.4, 0.5) is 0 Å². The number of amides is 1. The van der Waals surface area contributed by atoms with E-state index in [0.717, 1.165) is 11.1 Å². The summed E-state index contributed by atoms with van der Waals surface area (Å²) >= 11 is 0. The Morgan fingerprint density at radius 1 is 1.04 bits per heavy atom. The van der Waals surface area contributed by atoms with Crippen molar-refractivity contribution in [3.8, 4) is 11.5 Å².